The molecule has 1 unspecified atom stereocenters. The molecule has 0 fully saturated rings. The standard InChI is InChI=1S/C13H17N5O/c1-2-7-18-8-14-12(15-9-18)17-13-16-10-5-3-4-6-11(10)19-13/h3-6H,2,7-9H2,1H3,(H2,14,15,16,17)/p+2. The first-order chi connectivity index (χ1) is 9.35. The maximum atomic E-state index is 5.62. The molecule has 19 heavy (non-hydrogen) atoms. The third kappa shape index (κ3) is 2.68. The Bertz CT molecular complexity index is 558. The van der Waals surface area contributed by atoms with Crippen LogP contribution in [0.2, 0.25) is 0 Å². The third-order valence-electron chi connectivity index (χ3n) is 3.16. The minimum atomic E-state index is 0.509. The van der Waals surface area contributed by atoms with E-state index in [2.05, 4.69) is 27.5 Å². The Morgan fingerprint density at radius 2 is 2.37 bits per heavy atom. The monoisotopic (exact) mass is 261 g/mol. The van der Waals surface area contributed by atoms with Crippen molar-refractivity contribution in [2.24, 2.45) is 0 Å². The lowest BCUT2D eigenvalue weighted by Crippen LogP contribution is -3.24. The maximum absolute atomic E-state index is 5.62. The molecule has 1 aromatic carbocycles. The number of aromatic nitrogens is 1. The number of benzene rings is 1. The van der Waals surface area contributed by atoms with Crippen LogP contribution >= 0.6 is 0 Å². The van der Waals surface area contributed by atoms with Crippen LogP contribution in [0.5, 0.6) is 0 Å². The van der Waals surface area contributed by atoms with Crippen molar-refractivity contribution in [3.8, 4) is 0 Å². The number of guanidine groups is 1. The summed E-state index contributed by atoms with van der Waals surface area (Å²) in [6, 6.07) is 8.24. The Hall–Kier alpha value is -2.08. The van der Waals surface area contributed by atoms with Crippen LogP contribution in [0.4, 0.5) is 6.01 Å². The number of nitrogens with one attached hydrogen (secondary N) is 4. The zero-order valence-corrected chi connectivity index (χ0v) is 11.0. The number of para-hydroxylation sites is 2. The quantitative estimate of drug-likeness (QED) is 0.542. The van der Waals surface area contributed by atoms with Gasteiger partial charge in [-0.15, -0.1) is 0 Å². The van der Waals surface area contributed by atoms with Gasteiger partial charge in [0.25, 0.3) is 0 Å². The highest BCUT2D eigenvalue weighted by molar-refractivity contribution is 5.88. The summed E-state index contributed by atoms with van der Waals surface area (Å²) >= 11 is 0. The van der Waals surface area contributed by atoms with Crippen LogP contribution in [0.15, 0.2) is 28.7 Å². The summed E-state index contributed by atoms with van der Waals surface area (Å²) in [7, 11) is 0. The molecular formula is C13H19N5O+2. The van der Waals surface area contributed by atoms with Crippen LogP contribution in [0.1, 0.15) is 13.3 Å². The van der Waals surface area contributed by atoms with E-state index < -0.39 is 0 Å². The predicted octanol–water partition coefficient (Wildman–Crippen LogP) is -1.51. The smallest absolute Gasteiger partial charge is 0.365 e. The molecule has 0 bridgehead atoms. The third-order valence-corrected chi connectivity index (χ3v) is 3.16. The zero-order chi connectivity index (χ0) is 13.1. The van der Waals surface area contributed by atoms with Crippen LogP contribution in [-0.4, -0.2) is 30.8 Å². The number of fused-ring (bicyclic) bond motifs is 1. The van der Waals surface area contributed by atoms with Crippen LogP contribution in [0.25, 0.3) is 11.1 Å². The lowest BCUT2D eigenvalue weighted by molar-refractivity contribution is -0.980. The lowest BCUT2D eigenvalue weighted by Gasteiger charge is -2.19. The largest absolute Gasteiger partial charge is 0.412 e. The number of oxazole rings is 1. The highest BCUT2D eigenvalue weighted by atomic mass is 16.4. The second-order valence-electron chi connectivity index (χ2n) is 4.69. The lowest BCUT2D eigenvalue weighted by atomic mass is 10.3. The number of nitrogens with zero attached hydrogens (tertiary/aromatic N) is 1. The maximum Gasteiger partial charge on any atom is 0.365 e. The van der Waals surface area contributed by atoms with Crippen LogP contribution in [0, 0.1) is 0 Å². The molecule has 2 aromatic rings. The van der Waals surface area contributed by atoms with E-state index in [1.54, 1.807) is 0 Å². The van der Waals surface area contributed by atoms with Gasteiger partial charge in [-0.25, -0.2) is 10.3 Å². The molecule has 0 radical (unpaired) electrons. The van der Waals surface area contributed by atoms with Gasteiger partial charge in [0.1, 0.15) is 5.52 Å². The minimum Gasteiger partial charge on any atom is -0.412 e. The molecular weight excluding hydrogens is 242 g/mol. The van der Waals surface area contributed by atoms with Crippen molar-refractivity contribution in [2.75, 3.05) is 25.2 Å². The fourth-order valence-corrected chi connectivity index (χ4v) is 2.20. The van der Waals surface area contributed by atoms with Crippen molar-refractivity contribution in [2.45, 2.75) is 13.3 Å². The summed E-state index contributed by atoms with van der Waals surface area (Å²) in [5, 5.41) is 6.44. The van der Waals surface area contributed by atoms with Gasteiger partial charge in [-0.3, -0.25) is 4.90 Å². The van der Waals surface area contributed by atoms with Gasteiger partial charge in [0.15, 0.2) is 18.9 Å². The highest BCUT2D eigenvalue weighted by Crippen LogP contribution is 2.17. The first-order valence-electron chi connectivity index (χ1n) is 6.66. The number of quaternary nitrogens is 1. The second-order valence-corrected chi connectivity index (χ2v) is 4.69. The molecule has 1 atom stereocenters. The molecule has 1 aliphatic heterocycles. The Balaban J connectivity index is 1.68. The van der Waals surface area contributed by atoms with Gasteiger partial charge in [-0.05, 0) is 18.6 Å². The van der Waals surface area contributed by atoms with E-state index in [1.165, 1.54) is 11.3 Å². The van der Waals surface area contributed by atoms with Crippen molar-refractivity contribution in [1.29, 1.82) is 0 Å². The van der Waals surface area contributed by atoms with Crippen molar-refractivity contribution in [1.82, 2.24) is 10.3 Å². The Labute approximate surface area is 111 Å². The fraction of sp³-hybridized carbons (Fsp3) is 0.385. The van der Waals surface area contributed by atoms with E-state index in [4.69, 9.17) is 4.42 Å². The van der Waals surface area contributed by atoms with Gasteiger partial charge < -0.3 is 4.42 Å². The van der Waals surface area contributed by atoms with Crippen LogP contribution in [0.3, 0.4) is 0 Å². The predicted molar refractivity (Wildman–Crippen MR) is 72.6 cm³/mol. The number of rotatable bonds is 3. The first kappa shape index (κ1) is 12.0. The molecule has 0 saturated carbocycles. The van der Waals surface area contributed by atoms with Crippen LogP contribution < -0.4 is 20.5 Å². The van der Waals surface area contributed by atoms with Crippen molar-refractivity contribution in [3.05, 3.63) is 24.3 Å². The van der Waals surface area contributed by atoms with Gasteiger partial charge in [0.05, 0.1) is 6.54 Å². The molecule has 2 heterocycles. The van der Waals surface area contributed by atoms with E-state index in [1.807, 2.05) is 24.3 Å². The number of anilines is 1. The minimum absolute atomic E-state index is 0.509. The van der Waals surface area contributed by atoms with Gasteiger partial charge >= 0.3 is 12.0 Å². The zero-order valence-electron chi connectivity index (χ0n) is 11.0. The molecule has 6 heteroatoms. The van der Waals surface area contributed by atoms with Gasteiger partial charge in [0.2, 0.25) is 0 Å². The Kier molecular flexibility index (Phi) is 3.33. The number of hydrogen-bond acceptors (Lipinski definition) is 4. The number of hydrogen-bond donors (Lipinski definition) is 4. The summed E-state index contributed by atoms with van der Waals surface area (Å²) in [5.41, 5.74) is 1.65. The van der Waals surface area contributed by atoms with Gasteiger partial charge in [-0.1, -0.05) is 19.1 Å². The summed E-state index contributed by atoms with van der Waals surface area (Å²) in [6.07, 6.45) is 1.19. The molecule has 4 N–H and O–H groups in total. The molecule has 1 aromatic heterocycles. The Morgan fingerprint density at radius 3 is 3.11 bits per heavy atom. The molecule has 3 rings (SSSR count). The average Bonchev–Trinajstić information content (AvgIpc) is 2.83. The van der Waals surface area contributed by atoms with E-state index in [0.29, 0.717) is 6.01 Å². The van der Waals surface area contributed by atoms with E-state index >= 15 is 0 Å². The van der Waals surface area contributed by atoms with E-state index in [-0.39, 0.29) is 0 Å². The van der Waals surface area contributed by atoms with Gasteiger partial charge in [0, 0.05) is 0 Å². The van der Waals surface area contributed by atoms with E-state index in [9.17, 15) is 0 Å². The summed E-state index contributed by atoms with van der Waals surface area (Å²) in [5.74, 6) is 0.853. The molecule has 1 aliphatic rings. The molecule has 0 amide bonds. The molecule has 0 aliphatic carbocycles. The van der Waals surface area contributed by atoms with Crippen LogP contribution in [-0.2, 0) is 0 Å². The van der Waals surface area contributed by atoms with Gasteiger partial charge in [-0.2, -0.15) is 10.3 Å². The van der Waals surface area contributed by atoms with Crippen molar-refractivity contribution >= 4 is 23.1 Å². The molecule has 100 valence electrons. The molecule has 0 saturated heterocycles. The van der Waals surface area contributed by atoms with Crippen molar-refractivity contribution in [3.63, 3.8) is 0 Å². The normalized spacial score (nSPS) is 19.0. The molecule has 0 spiro atoms. The summed E-state index contributed by atoms with van der Waals surface area (Å²) in [6.45, 7) is 5.17. The second kappa shape index (κ2) is 5.27. The van der Waals surface area contributed by atoms with Crippen molar-refractivity contribution < 1.29 is 14.3 Å². The highest BCUT2D eigenvalue weighted by Gasteiger charge is 2.20. The van der Waals surface area contributed by atoms with E-state index in [0.717, 1.165) is 36.9 Å². The molecule has 6 nitrogen and oxygen atoms in total. The fourth-order valence-electron chi connectivity index (χ4n) is 2.20. The summed E-state index contributed by atoms with van der Waals surface area (Å²) < 4.78 is 5.62. The summed E-state index contributed by atoms with van der Waals surface area (Å²) in [4.78, 5) is 9.17. The topological polar surface area (TPSA) is 68.5 Å². The SMILES string of the molecule is CCC[NH+]1CNC(Nc2nc3ccccc3o2)=[NH+]C1. The average molecular weight is 261 g/mol. The Morgan fingerprint density at radius 1 is 1.47 bits per heavy atom. The first-order valence-corrected chi connectivity index (χ1v) is 6.66.